The van der Waals surface area contributed by atoms with Crippen LogP contribution < -0.4 is 11.1 Å². The molecule has 0 fully saturated rings. The van der Waals surface area contributed by atoms with Gasteiger partial charge in [0.1, 0.15) is 9.90 Å². The third kappa shape index (κ3) is 3.32. The molecule has 0 aromatic carbocycles. The predicted octanol–water partition coefficient (Wildman–Crippen LogP) is 2.93. The second-order valence-corrected chi connectivity index (χ2v) is 7.87. The number of anilines is 2. The molecule has 1 unspecified atom stereocenters. The average Bonchev–Trinajstić information content (AvgIpc) is 2.74. The topological polar surface area (TPSA) is 89.3 Å². The van der Waals surface area contributed by atoms with Gasteiger partial charge in [-0.05, 0) is 13.3 Å². The van der Waals surface area contributed by atoms with Crippen molar-refractivity contribution in [2.24, 2.45) is 0 Å². The Kier molecular flexibility index (Phi) is 5.59. The Bertz CT molecular complexity index is 591. The number of thiophene rings is 1. The van der Waals surface area contributed by atoms with Gasteiger partial charge in [0.05, 0.1) is 16.3 Å². The molecule has 1 aromatic heterocycles. The van der Waals surface area contributed by atoms with E-state index < -0.39 is 9.84 Å². The van der Waals surface area contributed by atoms with Crippen LogP contribution in [0, 0.1) is 0 Å². The van der Waals surface area contributed by atoms with E-state index >= 15 is 0 Å². The first-order valence-electron chi connectivity index (χ1n) is 6.73. The summed E-state index contributed by atoms with van der Waals surface area (Å²) in [5.41, 5.74) is 6.02. The lowest BCUT2D eigenvalue weighted by molar-refractivity contribution is 0.0992. The number of carbonyl (C=O) groups is 1. The summed E-state index contributed by atoms with van der Waals surface area (Å²) in [4.78, 5) is 12.3. The summed E-state index contributed by atoms with van der Waals surface area (Å²) in [5, 5.41) is 3.63. The molecular formula is C13H22N2O3S2. The van der Waals surface area contributed by atoms with Crippen LogP contribution in [0.5, 0.6) is 0 Å². The fourth-order valence-corrected chi connectivity index (χ4v) is 4.45. The smallest absolute Gasteiger partial charge is 0.183 e. The van der Waals surface area contributed by atoms with Gasteiger partial charge in [-0.15, -0.1) is 11.3 Å². The summed E-state index contributed by atoms with van der Waals surface area (Å²) in [6, 6.07) is 0.114. The molecule has 0 aliphatic rings. The van der Waals surface area contributed by atoms with Gasteiger partial charge in [0.25, 0.3) is 0 Å². The number of sulfone groups is 1. The van der Waals surface area contributed by atoms with E-state index in [9.17, 15) is 13.2 Å². The number of Topliss-reactive ketones (excluding diaryl/α,β-unsaturated/α-hetero) is 1. The molecule has 0 saturated heterocycles. The summed E-state index contributed by atoms with van der Waals surface area (Å²) < 4.78 is 24.4. The molecule has 7 heteroatoms. The first-order chi connectivity index (χ1) is 9.28. The zero-order valence-corrected chi connectivity index (χ0v) is 14.0. The number of rotatable bonds is 7. The molecule has 0 aliphatic carbocycles. The SMILES string of the molecule is CCC(=O)c1sc(NC(C)CC)c(S(=O)(=O)CC)c1N. The molecule has 0 aliphatic heterocycles. The van der Waals surface area contributed by atoms with E-state index in [-0.39, 0.29) is 28.2 Å². The van der Waals surface area contributed by atoms with Gasteiger partial charge in [-0.3, -0.25) is 4.79 Å². The van der Waals surface area contributed by atoms with E-state index in [1.807, 2.05) is 13.8 Å². The van der Waals surface area contributed by atoms with E-state index in [0.717, 1.165) is 17.8 Å². The summed E-state index contributed by atoms with van der Waals surface area (Å²) in [6.45, 7) is 7.26. The Labute approximate surface area is 124 Å². The summed E-state index contributed by atoms with van der Waals surface area (Å²) >= 11 is 1.14. The number of nitrogens with one attached hydrogen (secondary N) is 1. The Balaban J connectivity index is 3.45. The zero-order chi connectivity index (χ0) is 15.5. The minimum absolute atomic E-state index is 0.0388. The fraction of sp³-hybridized carbons (Fsp3) is 0.615. The van der Waals surface area contributed by atoms with Crippen LogP contribution in [0.4, 0.5) is 10.7 Å². The van der Waals surface area contributed by atoms with Crippen molar-refractivity contribution in [1.29, 1.82) is 0 Å². The largest absolute Gasteiger partial charge is 0.396 e. The number of carbonyl (C=O) groups excluding carboxylic acids is 1. The molecule has 0 radical (unpaired) electrons. The Morgan fingerprint density at radius 2 is 1.95 bits per heavy atom. The standard InChI is InChI=1S/C13H22N2O3S2/c1-5-8(4)15-13-12(20(17,18)7-3)10(14)11(19-13)9(16)6-2/h8,15H,5-7,14H2,1-4H3. The van der Waals surface area contributed by atoms with E-state index in [4.69, 9.17) is 5.73 Å². The summed E-state index contributed by atoms with van der Waals surface area (Å²) in [7, 11) is -3.46. The summed E-state index contributed by atoms with van der Waals surface area (Å²) in [6.07, 6.45) is 1.15. The van der Waals surface area contributed by atoms with Crippen molar-refractivity contribution in [2.75, 3.05) is 16.8 Å². The second-order valence-electron chi connectivity index (χ2n) is 4.64. The molecule has 3 N–H and O–H groups in total. The highest BCUT2D eigenvalue weighted by atomic mass is 32.2. The maximum atomic E-state index is 12.2. The van der Waals surface area contributed by atoms with Crippen molar-refractivity contribution in [3.8, 4) is 0 Å². The normalized spacial score (nSPS) is 13.2. The molecular weight excluding hydrogens is 296 g/mol. The Morgan fingerprint density at radius 1 is 1.35 bits per heavy atom. The zero-order valence-electron chi connectivity index (χ0n) is 12.3. The van der Waals surface area contributed by atoms with Crippen LogP contribution in [-0.4, -0.2) is 26.0 Å². The molecule has 0 saturated carbocycles. The van der Waals surface area contributed by atoms with Crippen LogP contribution >= 0.6 is 11.3 Å². The van der Waals surface area contributed by atoms with Gasteiger partial charge in [0.2, 0.25) is 0 Å². The third-order valence-corrected chi connectivity index (χ3v) is 6.27. The molecule has 5 nitrogen and oxygen atoms in total. The molecule has 1 atom stereocenters. The minimum Gasteiger partial charge on any atom is -0.396 e. The molecule has 114 valence electrons. The van der Waals surface area contributed by atoms with E-state index in [0.29, 0.717) is 16.3 Å². The van der Waals surface area contributed by atoms with Crippen molar-refractivity contribution in [1.82, 2.24) is 0 Å². The van der Waals surface area contributed by atoms with Gasteiger partial charge in [-0.25, -0.2) is 8.42 Å². The molecule has 0 spiro atoms. The number of ketones is 1. The number of nitrogens with two attached hydrogens (primary N) is 1. The van der Waals surface area contributed by atoms with Crippen LogP contribution in [0.2, 0.25) is 0 Å². The second kappa shape index (κ2) is 6.58. The quantitative estimate of drug-likeness (QED) is 0.754. The molecule has 1 heterocycles. The highest BCUT2D eigenvalue weighted by molar-refractivity contribution is 7.91. The average molecular weight is 318 g/mol. The lowest BCUT2D eigenvalue weighted by Crippen LogP contribution is -2.15. The molecule has 1 rings (SSSR count). The lowest BCUT2D eigenvalue weighted by atomic mass is 10.2. The predicted molar refractivity (Wildman–Crippen MR) is 84.5 cm³/mol. The van der Waals surface area contributed by atoms with E-state index in [2.05, 4.69) is 5.32 Å². The van der Waals surface area contributed by atoms with Gasteiger partial charge in [-0.2, -0.15) is 0 Å². The fourth-order valence-electron chi connectivity index (χ4n) is 1.67. The van der Waals surface area contributed by atoms with Gasteiger partial charge in [-0.1, -0.05) is 20.8 Å². The number of hydrogen-bond acceptors (Lipinski definition) is 6. The molecule has 0 amide bonds. The first-order valence-corrected chi connectivity index (χ1v) is 9.20. The van der Waals surface area contributed by atoms with Gasteiger partial charge in [0, 0.05) is 12.5 Å². The maximum Gasteiger partial charge on any atom is 0.183 e. The Morgan fingerprint density at radius 3 is 2.40 bits per heavy atom. The molecule has 1 aromatic rings. The van der Waals surface area contributed by atoms with Crippen LogP contribution in [0.15, 0.2) is 4.90 Å². The maximum absolute atomic E-state index is 12.2. The van der Waals surface area contributed by atoms with Crippen molar-refractivity contribution in [2.45, 2.75) is 51.5 Å². The minimum atomic E-state index is -3.46. The number of hydrogen-bond donors (Lipinski definition) is 2. The van der Waals surface area contributed by atoms with Gasteiger partial charge >= 0.3 is 0 Å². The van der Waals surface area contributed by atoms with Crippen molar-refractivity contribution in [3.05, 3.63) is 4.88 Å². The van der Waals surface area contributed by atoms with Crippen LogP contribution in [0.3, 0.4) is 0 Å². The van der Waals surface area contributed by atoms with E-state index in [1.54, 1.807) is 13.8 Å². The highest BCUT2D eigenvalue weighted by Crippen LogP contribution is 2.40. The number of nitrogen functional groups attached to an aromatic ring is 1. The monoisotopic (exact) mass is 318 g/mol. The van der Waals surface area contributed by atoms with Gasteiger partial charge in [0.15, 0.2) is 15.6 Å². The van der Waals surface area contributed by atoms with Gasteiger partial charge < -0.3 is 11.1 Å². The lowest BCUT2D eigenvalue weighted by Gasteiger charge is -2.13. The third-order valence-electron chi connectivity index (χ3n) is 3.15. The van der Waals surface area contributed by atoms with Crippen molar-refractivity contribution < 1.29 is 13.2 Å². The molecule has 20 heavy (non-hydrogen) atoms. The summed E-state index contributed by atoms with van der Waals surface area (Å²) in [5.74, 6) is -0.166. The van der Waals surface area contributed by atoms with Crippen molar-refractivity contribution >= 4 is 37.6 Å². The highest BCUT2D eigenvalue weighted by Gasteiger charge is 2.28. The van der Waals surface area contributed by atoms with Crippen LogP contribution in [0.1, 0.15) is 50.2 Å². The van der Waals surface area contributed by atoms with Crippen molar-refractivity contribution in [3.63, 3.8) is 0 Å². The van der Waals surface area contributed by atoms with Crippen LogP contribution in [0.25, 0.3) is 0 Å². The van der Waals surface area contributed by atoms with Crippen LogP contribution in [-0.2, 0) is 9.84 Å². The first kappa shape index (κ1) is 17.0. The van der Waals surface area contributed by atoms with E-state index in [1.165, 1.54) is 0 Å². The molecule has 0 bridgehead atoms. The Hall–Kier alpha value is -1.08.